The SMILES string of the molecule is COCC(NC(=O)c1ccc(C)c([N+](=O)[O-])c1)C(=O)O. The van der Waals surface area contributed by atoms with Crippen molar-refractivity contribution in [3.8, 4) is 0 Å². The number of methoxy groups -OCH3 is 1. The Labute approximate surface area is 114 Å². The van der Waals surface area contributed by atoms with Gasteiger partial charge in [-0.2, -0.15) is 0 Å². The fourth-order valence-electron chi connectivity index (χ4n) is 1.53. The van der Waals surface area contributed by atoms with Crippen molar-refractivity contribution in [1.82, 2.24) is 5.32 Å². The Balaban J connectivity index is 2.95. The number of aryl methyl sites for hydroxylation is 1. The van der Waals surface area contributed by atoms with Crippen LogP contribution in [0, 0.1) is 17.0 Å². The molecule has 0 saturated heterocycles. The number of amides is 1. The molecule has 0 fully saturated rings. The molecule has 0 aliphatic rings. The van der Waals surface area contributed by atoms with Crippen LogP contribution in [0.15, 0.2) is 18.2 Å². The van der Waals surface area contributed by atoms with Crippen LogP contribution in [-0.4, -0.2) is 41.7 Å². The van der Waals surface area contributed by atoms with Gasteiger partial charge in [-0.25, -0.2) is 4.79 Å². The Kier molecular flexibility index (Phi) is 5.15. The van der Waals surface area contributed by atoms with Gasteiger partial charge in [0.2, 0.25) is 0 Å². The predicted molar refractivity (Wildman–Crippen MR) is 68.6 cm³/mol. The van der Waals surface area contributed by atoms with Gasteiger partial charge in [0.25, 0.3) is 11.6 Å². The highest BCUT2D eigenvalue weighted by molar-refractivity contribution is 5.97. The number of rotatable bonds is 6. The third-order valence-electron chi connectivity index (χ3n) is 2.60. The van der Waals surface area contributed by atoms with E-state index in [1.165, 1.54) is 19.2 Å². The number of nitro groups is 1. The van der Waals surface area contributed by atoms with Crippen molar-refractivity contribution in [2.75, 3.05) is 13.7 Å². The van der Waals surface area contributed by atoms with E-state index in [9.17, 15) is 19.7 Å². The van der Waals surface area contributed by atoms with E-state index >= 15 is 0 Å². The molecule has 0 aliphatic heterocycles. The van der Waals surface area contributed by atoms with Crippen LogP contribution in [0.1, 0.15) is 15.9 Å². The number of aliphatic carboxylic acids is 1. The summed E-state index contributed by atoms with van der Waals surface area (Å²) in [6, 6.07) is 2.71. The fourth-order valence-corrected chi connectivity index (χ4v) is 1.53. The number of nitrogens with one attached hydrogen (secondary N) is 1. The molecule has 1 aromatic carbocycles. The van der Waals surface area contributed by atoms with Crippen molar-refractivity contribution >= 4 is 17.6 Å². The molecule has 2 N–H and O–H groups in total. The number of hydrogen-bond donors (Lipinski definition) is 2. The van der Waals surface area contributed by atoms with Gasteiger partial charge >= 0.3 is 5.97 Å². The minimum Gasteiger partial charge on any atom is -0.480 e. The van der Waals surface area contributed by atoms with Gasteiger partial charge in [-0.15, -0.1) is 0 Å². The van der Waals surface area contributed by atoms with Crippen LogP contribution in [0.2, 0.25) is 0 Å². The van der Waals surface area contributed by atoms with E-state index in [-0.39, 0.29) is 17.9 Å². The lowest BCUT2D eigenvalue weighted by molar-refractivity contribution is -0.385. The maximum atomic E-state index is 11.9. The molecular formula is C12H14N2O6. The van der Waals surface area contributed by atoms with Gasteiger partial charge in [0.05, 0.1) is 11.5 Å². The fraction of sp³-hybridized carbons (Fsp3) is 0.333. The molecule has 1 aromatic rings. The first-order chi connectivity index (χ1) is 9.36. The smallest absolute Gasteiger partial charge is 0.328 e. The normalized spacial score (nSPS) is 11.7. The number of nitrogens with zero attached hydrogens (tertiary/aromatic N) is 1. The first kappa shape index (κ1) is 15.6. The minimum absolute atomic E-state index is 0.0182. The molecule has 8 nitrogen and oxygen atoms in total. The predicted octanol–water partition coefficient (Wildman–Crippen LogP) is 0.733. The van der Waals surface area contributed by atoms with E-state index in [1.54, 1.807) is 6.92 Å². The van der Waals surface area contributed by atoms with Crippen molar-refractivity contribution < 1.29 is 24.4 Å². The number of carboxylic acid groups (broad SMARTS) is 1. The molecule has 0 heterocycles. The van der Waals surface area contributed by atoms with Crippen molar-refractivity contribution in [3.05, 3.63) is 39.4 Å². The number of ether oxygens (including phenoxy) is 1. The molecule has 0 spiro atoms. The van der Waals surface area contributed by atoms with Gasteiger partial charge < -0.3 is 15.2 Å². The highest BCUT2D eigenvalue weighted by Crippen LogP contribution is 2.19. The van der Waals surface area contributed by atoms with Crippen molar-refractivity contribution in [1.29, 1.82) is 0 Å². The molecule has 20 heavy (non-hydrogen) atoms. The van der Waals surface area contributed by atoms with E-state index < -0.39 is 22.8 Å². The molecule has 1 unspecified atom stereocenters. The Morgan fingerprint density at radius 1 is 1.50 bits per heavy atom. The van der Waals surface area contributed by atoms with Crippen molar-refractivity contribution in [3.63, 3.8) is 0 Å². The lowest BCUT2D eigenvalue weighted by atomic mass is 10.1. The Bertz CT molecular complexity index is 543. The molecule has 108 valence electrons. The van der Waals surface area contributed by atoms with Gasteiger partial charge in [0.15, 0.2) is 6.04 Å². The van der Waals surface area contributed by atoms with Crippen molar-refractivity contribution in [2.24, 2.45) is 0 Å². The standard InChI is InChI=1S/C12H14N2O6/c1-7-3-4-8(5-10(7)14(18)19)11(15)13-9(6-20-2)12(16)17/h3-5,9H,6H2,1-2H3,(H,13,15)(H,16,17). The van der Waals surface area contributed by atoms with Gasteiger partial charge in [-0.1, -0.05) is 6.07 Å². The molecule has 0 saturated carbocycles. The van der Waals surface area contributed by atoms with Crippen LogP contribution >= 0.6 is 0 Å². The molecule has 0 bridgehead atoms. The zero-order valence-corrected chi connectivity index (χ0v) is 11.0. The summed E-state index contributed by atoms with van der Waals surface area (Å²) < 4.78 is 4.68. The van der Waals surface area contributed by atoms with E-state index in [2.05, 4.69) is 10.1 Å². The Hall–Kier alpha value is -2.48. The van der Waals surface area contributed by atoms with Crippen LogP contribution in [0.25, 0.3) is 0 Å². The maximum Gasteiger partial charge on any atom is 0.328 e. The second-order valence-electron chi connectivity index (χ2n) is 4.08. The molecule has 0 aromatic heterocycles. The zero-order chi connectivity index (χ0) is 15.3. The number of benzene rings is 1. The van der Waals surface area contributed by atoms with E-state index in [4.69, 9.17) is 5.11 Å². The summed E-state index contributed by atoms with van der Waals surface area (Å²) in [6.45, 7) is 1.35. The monoisotopic (exact) mass is 282 g/mol. The highest BCUT2D eigenvalue weighted by Gasteiger charge is 2.22. The average molecular weight is 282 g/mol. The summed E-state index contributed by atoms with van der Waals surface area (Å²) >= 11 is 0. The molecule has 1 atom stereocenters. The highest BCUT2D eigenvalue weighted by atomic mass is 16.6. The number of nitro benzene ring substituents is 1. The van der Waals surface area contributed by atoms with Gasteiger partial charge in [-0.3, -0.25) is 14.9 Å². The summed E-state index contributed by atoms with van der Waals surface area (Å²) in [7, 11) is 1.30. The van der Waals surface area contributed by atoms with Gasteiger partial charge in [-0.05, 0) is 13.0 Å². The molecule has 1 amide bonds. The third kappa shape index (κ3) is 3.75. The Morgan fingerprint density at radius 3 is 2.65 bits per heavy atom. The quantitative estimate of drug-likeness (QED) is 0.586. The largest absolute Gasteiger partial charge is 0.480 e. The second-order valence-corrected chi connectivity index (χ2v) is 4.08. The molecular weight excluding hydrogens is 268 g/mol. The zero-order valence-electron chi connectivity index (χ0n) is 11.0. The van der Waals surface area contributed by atoms with Gasteiger partial charge in [0, 0.05) is 24.3 Å². The molecule has 0 aliphatic carbocycles. The van der Waals surface area contributed by atoms with Crippen LogP contribution in [-0.2, 0) is 9.53 Å². The van der Waals surface area contributed by atoms with Crippen LogP contribution in [0.4, 0.5) is 5.69 Å². The minimum atomic E-state index is -1.25. The van der Waals surface area contributed by atoms with Crippen LogP contribution in [0.3, 0.4) is 0 Å². The van der Waals surface area contributed by atoms with Gasteiger partial charge in [0.1, 0.15) is 0 Å². The lowest BCUT2D eigenvalue weighted by Crippen LogP contribution is -2.43. The van der Waals surface area contributed by atoms with Crippen molar-refractivity contribution in [2.45, 2.75) is 13.0 Å². The first-order valence-corrected chi connectivity index (χ1v) is 5.64. The maximum absolute atomic E-state index is 11.9. The number of carbonyl (C=O) groups excluding carboxylic acids is 1. The van der Waals surface area contributed by atoms with E-state index in [0.29, 0.717) is 5.56 Å². The molecule has 0 radical (unpaired) electrons. The summed E-state index contributed by atoms with van der Waals surface area (Å²) in [5, 5.41) is 21.9. The molecule has 1 rings (SSSR count). The lowest BCUT2D eigenvalue weighted by Gasteiger charge is -2.13. The second kappa shape index (κ2) is 6.62. The first-order valence-electron chi connectivity index (χ1n) is 5.64. The van der Waals surface area contributed by atoms with Crippen LogP contribution < -0.4 is 5.32 Å². The van der Waals surface area contributed by atoms with Crippen LogP contribution in [0.5, 0.6) is 0 Å². The summed E-state index contributed by atoms with van der Waals surface area (Å²) in [6.07, 6.45) is 0. The number of carboxylic acids is 1. The Morgan fingerprint density at radius 2 is 2.15 bits per heavy atom. The number of carbonyl (C=O) groups is 2. The van der Waals surface area contributed by atoms with E-state index in [1.807, 2.05) is 0 Å². The summed E-state index contributed by atoms with van der Waals surface area (Å²) in [5.41, 5.74) is 0.235. The third-order valence-corrected chi connectivity index (χ3v) is 2.60. The topological polar surface area (TPSA) is 119 Å². The average Bonchev–Trinajstić information content (AvgIpc) is 2.38. The number of hydrogen-bond acceptors (Lipinski definition) is 5. The summed E-state index contributed by atoms with van der Waals surface area (Å²) in [5.74, 6) is -1.96. The molecule has 8 heteroatoms. The summed E-state index contributed by atoms with van der Waals surface area (Å²) in [4.78, 5) is 32.9. The van der Waals surface area contributed by atoms with E-state index in [0.717, 1.165) is 6.07 Å².